The Labute approximate surface area is 135 Å². The van der Waals surface area contributed by atoms with Gasteiger partial charge in [0, 0.05) is 40.1 Å². The highest BCUT2D eigenvalue weighted by Gasteiger charge is 2.27. The third kappa shape index (κ3) is 4.39. The minimum Gasteiger partial charge on any atom is -0.310 e. The number of hydrogen-bond acceptors (Lipinski definition) is 5. The van der Waals surface area contributed by atoms with Gasteiger partial charge >= 0.3 is 0 Å². The number of nitrogens with one attached hydrogen (secondary N) is 1. The fourth-order valence-corrected chi connectivity index (χ4v) is 6.35. The summed E-state index contributed by atoms with van der Waals surface area (Å²) in [6.07, 6.45) is 0. The molecule has 0 saturated carbocycles. The maximum atomic E-state index is 5.03. The van der Waals surface area contributed by atoms with Gasteiger partial charge in [0.25, 0.3) is 0 Å². The first-order valence-electron chi connectivity index (χ1n) is 7.30. The van der Waals surface area contributed by atoms with Crippen LogP contribution < -0.4 is 5.32 Å². The molecule has 1 fully saturated rings. The molecule has 1 aromatic heterocycles. The van der Waals surface area contributed by atoms with Gasteiger partial charge in [-0.3, -0.25) is 0 Å². The van der Waals surface area contributed by atoms with E-state index < -0.39 is 0 Å². The molecule has 0 aliphatic carbocycles. The summed E-state index contributed by atoms with van der Waals surface area (Å²) in [5, 5.41) is 5.49. The van der Waals surface area contributed by atoms with Crippen molar-refractivity contribution in [3.63, 3.8) is 0 Å². The Morgan fingerprint density at radius 3 is 2.60 bits per heavy atom. The summed E-state index contributed by atoms with van der Waals surface area (Å²) >= 11 is 6.08. The van der Waals surface area contributed by atoms with Crippen molar-refractivity contribution in [2.75, 3.05) is 17.3 Å². The molecule has 1 N–H and O–H groups in total. The van der Waals surface area contributed by atoms with Crippen molar-refractivity contribution < 1.29 is 0 Å². The second-order valence-electron chi connectivity index (χ2n) is 6.54. The highest BCUT2D eigenvalue weighted by atomic mass is 32.2. The Bertz CT molecular complexity index is 429. The van der Waals surface area contributed by atoms with Crippen molar-refractivity contribution in [3.05, 3.63) is 15.6 Å². The molecule has 0 aromatic carbocycles. The highest BCUT2D eigenvalue weighted by Crippen LogP contribution is 2.41. The molecule has 1 atom stereocenters. The van der Waals surface area contributed by atoms with Gasteiger partial charge in [-0.15, -0.1) is 23.1 Å². The normalized spacial score (nSPS) is 20.6. The minimum absolute atomic E-state index is 0.134. The lowest BCUT2D eigenvalue weighted by Crippen LogP contribution is -2.23. The number of aromatic nitrogens is 1. The van der Waals surface area contributed by atoms with E-state index in [2.05, 4.69) is 63.5 Å². The first-order chi connectivity index (χ1) is 9.38. The van der Waals surface area contributed by atoms with E-state index in [0.29, 0.717) is 11.3 Å². The van der Waals surface area contributed by atoms with Crippen LogP contribution in [-0.2, 0) is 12.0 Å². The Hall–Kier alpha value is 0.290. The molecule has 114 valence electrons. The van der Waals surface area contributed by atoms with Crippen LogP contribution in [0.25, 0.3) is 0 Å². The Morgan fingerprint density at radius 1 is 1.30 bits per heavy atom. The maximum absolute atomic E-state index is 5.03. The number of thiazole rings is 1. The van der Waals surface area contributed by atoms with Crippen LogP contribution in [0.4, 0.5) is 0 Å². The molecule has 1 aliphatic heterocycles. The van der Waals surface area contributed by atoms with Gasteiger partial charge in [-0.05, 0) is 0 Å². The summed E-state index contributed by atoms with van der Waals surface area (Å²) < 4.78 is 0. The standard InChI is InChI=1S/C15H26N2S3/c1-10(2)16-8-11-13(15(3,4)5)17-14(20-11)12-9-18-6-7-19-12/h10,12,16H,6-9H2,1-5H3. The number of rotatable bonds is 4. The van der Waals surface area contributed by atoms with Crippen LogP contribution in [0.3, 0.4) is 0 Å². The number of thioether (sulfide) groups is 2. The molecule has 1 unspecified atom stereocenters. The molecule has 0 bridgehead atoms. The molecular weight excluding hydrogens is 304 g/mol. The summed E-state index contributed by atoms with van der Waals surface area (Å²) in [6, 6.07) is 0.521. The zero-order valence-corrected chi connectivity index (χ0v) is 15.6. The van der Waals surface area contributed by atoms with Crippen LogP contribution in [0.5, 0.6) is 0 Å². The van der Waals surface area contributed by atoms with Crippen LogP contribution in [0.2, 0.25) is 0 Å². The van der Waals surface area contributed by atoms with Crippen LogP contribution in [-0.4, -0.2) is 28.3 Å². The fourth-order valence-electron chi connectivity index (χ4n) is 2.14. The first-order valence-corrected chi connectivity index (χ1v) is 10.3. The van der Waals surface area contributed by atoms with E-state index in [0.717, 1.165) is 6.54 Å². The van der Waals surface area contributed by atoms with Gasteiger partial charge in [-0.1, -0.05) is 34.6 Å². The molecule has 1 aliphatic rings. The highest BCUT2D eigenvalue weighted by molar-refractivity contribution is 8.06. The van der Waals surface area contributed by atoms with Gasteiger partial charge in [-0.25, -0.2) is 4.98 Å². The van der Waals surface area contributed by atoms with Gasteiger partial charge in [0.1, 0.15) is 5.01 Å². The van der Waals surface area contributed by atoms with Gasteiger partial charge < -0.3 is 5.32 Å². The number of hydrogen-bond donors (Lipinski definition) is 1. The predicted molar refractivity (Wildman–Crippen MR) is 95.3 cm³/mol. The quantitative estimate of drug-likeness (QED) is 0.881. The number of nitrogens with zero attached hydrogens (tertiary/aromatic N) is 1. The zero-order valence-electron chi connectivity index (χ0n) is 13.2. The molecule has 2 rings (SSSR count). The molecule has 5 heteroatoms. The lowest BCUT2D eigenvalue weighted by molar-refractivity contribution is 0.545. The third-order valence-electron chi connectivity index (χ3n) is 3.19. The van der Waals surface area contributed by atoms with Crippen molar-refractivity contribution in [1.82, 2.24) is 10.3 Å². The van der Waals surface area contributed by atoms with Crippen molar-refractivity contribution in [3.8, 4) is 0 Å². The van der Waals surface area contributed by atoms with Crippen LogP contribution in [0.1, 0.15) is 55.4 Å². The average molecular weight is 331 g/mol. The van der Waals surface area contributed by atoms with E-state index in [-0.39, 0.29) is 5.41 Å². The largest absolute Gasteiger partial charge is 0.310 e. The van der Waals surface area contributed by atoms with Gasteiger partial charge in [0.15, 0.2) is 0 Å². The minimum atomic E-state index is 0.134. The van der Waals surface area contributed by atoms with Gasteiger partial charge in [0.2, 0.25) is 0 Å². The average Bonchev–Trinajstić information content (AvgIpc) is 2.81. The van der Waals surface area contributed by atoms with Crippen molar-refractivity contribution in [2.24, 2.45) is 0 Å². The van der Waals surface area contributed by atoms with Gasteiger partial charge in [0.05, 0.1) is 10.9 Å². The Morgan fingerprint density at radius 2 is 2.05 bits per heavy atom. The lowest BCUT2D eigenvalue weighted by Gasteiger charge is -2.19. The second kappa shape index (κ2) is 7.03. The summed E-state index contributed by atoms with van der Waals surface area (Å²) in [5.74, 6) is 3.78. The lowest BCUT2D eigenvalue weighted by atomic mass is 9.91. The SMILES string of the molecule is CC(C)NCc1sc(C2CSCCS2)nc1C(C)(C)C. The smallest absolute Gasteiger partial charge is 0.107 e. The molecule has 1 aromatic rings. The molecular formula is C15H26N2S3. The van der Waals surface area contributed by atoms with Crippen LogP contribution in [0, 0.1) is 0 Å². The monoisotopic (exact) mass is 330 g/mol. The fraction of sp³-hybridized carbons (Fsp3) is 0.800. The zero-order chi connectivity index (χ0) is 14.8. The second-order valence-corrected chi connectivity index (χ2v) is 10.1. The topological polar surface area (TPSA) is 24.9 Å². The Kier molecular flexibility index (Phi) is 5.86. The van der Waals surface area contributed by atoms with E-state index in [9.17, 15) is 0 Å². The summed E-state index contributed by atoms with van der Waals surface area (Å²) in [7, 11) is 0. The molecule has 0 amide bonds. The summed E-state index contributed by atoms with van der Waals surface area (Å²) in [6.45, 7) is 12.2. The van der Waals surface area contributed by atoms with Crippen molar-refractivity contribution in [2.45, 2.75) is 57.9 Å². The molecule has 2 heterocycles. The van der Waals surface area contributed by atoms with Gasteiger partial charge in [-0.2, -0.15) is 11.8 Å². The van der Waals surface area contributed by atoms with Crippen LogP contribution in [0.15, 0.2) is 0 Å². The van der Waals surface area contributed by atoms with E-state index in [1.54, 1.807) is 0 Å². The third-order valence-corrected chi connectivity index (χ3v) is 7.27. The predicted octanol–water partition coefficient (Wildman–Crippen LogP) is 4.46. The molecule has 1 saturated heterocycles. The Balaban J connectivity index is 2.21. The van der Waals surface area contributed by atoms with Crippen LogP contribution >= 0.6 is 34.9 Å². The van der Waals surface area contributed by atoms with E-state index >= 15 is 0 Å². The van der Waals surface area contributed by atoms with Crippen molar-refractivity contribution >= 4 is 34.9 Å². The maximum Gasteiger partial charge on any atom is 0.107 e. The van der Waals surface area contributed by atoms with Crippen molar-refractivity contribution in [1.29, 1.82) is 0 Å². The summed E-state index contributed by atoms with van der Waals surface area (Å²) in [5.41, 5.74) is 1.43. The first kappa shape index (κ1) is 16.7. The van der Waals surface area contributed by atoms with E-state index in [4.69, 9.17) is 4.98 Å². The summed E-state index contributed by atoms with van der Waals surface area (Å²) in [4.78, 5) is 6.46. The molecule has 0 radical (unpaired) electrons. The molecule has 0 spiro atoms. The molecule has 2 nitrogen and oxygen atoms in total. The molecule has 20 heavy (non-hydrogen) atoms. The van der Waals surface area contributed by atoms with E-state index in [1.165, 1.54) is 32.8 Å². The van der Waals surface area contributed by atoms with E-state index in [1.807, 2.05) is 11.3 Å².